The second kappa shape index (κ2) is 8.28. The van der Waals surface area contributed by atoms with Gasteiger partial charge < -0.3 is 14.7 Å². The van der Waals surface area contributed by atoms with Crippen LogP contribution >= 0.6 is 0 Å². The van der Waals surface area contributed by atoms with Gasteiger partial charge in [0.25, 0.3) is 5.91 Å². The van der Waals surface area contributed by atoms with E-state index < -0.39 is 0 Å². The number of carbonyl (C=O) groups excluding carboxylic acids is 1. The second-order valence-corrected chi connectivity index (χ2v) is 6.41. The van der Waals surface area contributed by atoms with E-state index in [0.29, 0.717) is 25.3 Å². The summed E-state index contributed by atoms with van der Waals surface area (Å²) in [7, 11) is 0. The van der Waals surface area contributed by atoms with Crippen LogP contribution in [0.15, 0.2) is 48.5 Å². The lowest BCUT2D eigenvalue weighted by molar-refractivity contribution is -0.00433. The molecule has 0 bridgehead atoms. The molecule has 132 valence electrons. The van der Waals surface area contributed by atoms with Crippen LogP contribution in [0, 0.1) is 0 Å². The van der Waals surface area contributed by atoms with Crippen molar-refractivity contribution in [1.82, 2.24) is 4.90 Å². The predicted octanol–water partition coefficient (Wildman–Crippen LogP) is 3.49. The summed E-state index contributed by atoms with van der Waals surface area (Å²) in [5.74, 6) is 0.0729. The highest BCUT2D eigenvalue weighted by Gasteiger charge is 2.27. The Morgan fingerprint density at radius 1 is 1.20 bits per heavy atom. The average Bonchev–Trinajstić information content (AvgIpc) is 2.68. The zero-order chi connectivity index (χ0) is 17.6. The van der Waals surface area contributed by atoms with Gasteiger partial charge in [0, 0.05) is 12.1 Å². The Kier molecular flexibility index (Phi) is 5.84. The van der Waals surface area contributed by atoms with Crippen molar-refractivity contribution < 1.29 is 14.6 Å². The van der Waals surface area contributed by atoms with E-state index in [1.165, 1.54) is 0 Å². The minimum absolute atomic E-state index is 0.00330. The van der Waals surface area contributed by atoms with E-state index in [1.54, 1.807) is 0 Å². The fourth-order valence-corrected chi connectivity index (χ4v) is 3.39. The maximum atomic E-state index is 12.9. The lowest BCUT2D eigenvalue weighted by atomic mass is 9.98. The minimum atomic E-state index is 0.00330. The van der Waals surface area contributed by atoms with Gasteiger partial charge in [-0.3, -0.25) is 4.79 Å². The number of aliphatic hydroxyl groups excluding tert-OH is 1. The summed E-state index contributed by atoms with van der Waals surface area (Å²) in [5, 5.41) is 9.50. The zero-order valence-corrected chi connectivity index (χ0v) is 14.6. The molecule has 0 spiro atoms. The molecular formula is C21H25NO3. The normalized spacial score (nSPS) is 17.5. The maximum Gasteiger partial charge on any atom is 0.254 e. The molecule has 1 unspecified atom stereocenters. The molecule has 3 rings (SSSR count). The van der Waals surface area contributed by atoms with Crippen LogP contribution in [0.5, 0.6) is 0 Å². The zero-order valence-electron chi connectivity index (χ0n) is 14.6. The molecular weight excluding hydrogens is 314 g/mol. The Balaban J connectivity index is 1.80. The van der Waals surface area contributed by atoms with Gasteiger partial charge in [-0.1, -0.05) is 49.7 Å². The Morgan fingerprint density at radius 3 is 2.68 bits per heavy atom. The molecule has 1 heterocycles. The van der Waals surface area contributed by atoms with Gasteiger partial charge in [-0.05, 0) is 35.2 Å². The van der Waals surface area contributed by atoms with Crippen LogP contribution in [0.3, 0.4) is 0 Å². The highest BCUT2D eigenvalue weighted by atomic mass is 16.5. The lowest BCUT2D eigenvalue weighted by Crippen LogP contribution is -2.48. The van der Waals surface area contributed by atoms with Crippen LogP contribution in [-0.4, -0.2) is 41.7 Å². The molecule has 1 saturated heterocycles. The molecule has 0 aliphatic carbocycles. The van der Waals surface area contributed by atoms with Gasteiger partial charge in [0.15, 0.2) is 0 Å². The molecule has 1 fully saturated rings. The Hall–Kier alpha value is -2.17. The number of carbonyl (C=O) groups is 1. The number of ether oxygens (including phenoxy) is 1. The van der Waals surface area contributed by atoms with Crippen LogP contribution in [0.4, 0.5) is 0 Å². The van der Waals surface area contributed by atoms with Crippen LogP contribution in [-0.2, 0) is 11.3 Å². The number of aliphatic hydroxyl groups is 1. The predicted molar refractivity (Wildman–Crippen MR) is 98.4 cm³/mol. The van der Waals surface area contributed by atoms with E-state index in [0.717, 1.165) is 29.5 Å². The first-order valence-corrected chi connectivity index (χ1v) is 8.92. The second-order valence-electron chi connectivity index (χ2n) is 6.41. The monoisotopic (exact) mass is 339 g/mol. The molecule has 4 heteroatoms. The third kappa shape index (κ3) is 3.91. The smallest absolute Gasteiger partial charge is 0.254 e. The van der Waals surface area contributed by atoms with Gasteiger partial charge in [-0.25, -0.2) is 0 Å². The quantitative estimate of drug-likeness (QED) is 0.907. The van der Waals surface area contributed by atoms with Crippen LogP contribution in [0.25, 0.3) is 11.1 Å². The highest BCUT2D eigenvalue weighted by molar-refractivity contribution is 5.95. The third-order valence-electron chi connectivity index (χ3n) is 4.74. The molecule has 1 aliphatic heterocycles. The fourth-order valence-electron chi connectivity index (χ4n) is 3.39. The highest BCUT2D eigenvalue weighted by Crippen LogP contribution is 2.25. The number of benzene rings is 2. The maximum absolute atomic E-state index is 12.9. The van der Waals surface area contributed by atoms with Crippen LogP contribution in [0.1, 0.15) is 35.7 Å². The van der Waals surface area contributed by atoms with Gasteiger partial charge in [0.1, 0.15) is 0 Å². The van der Waals surface area contributed by atoms with E-state index in [9.17, 15) is 9.90 Å². The third-order valence-corrected chi connectivity index (χ3v) is 4.74. The van der Waals surface area contributed by atoms with Crippen molar-refractivity contribution in [1.29, 1.82) is 0 Å². The Labute approximate surface area is 149 Å². The number of morpholine rings is 1. The van der Waals surface area contributed by atoms with Crippen molar-refractivity contribution in [2.75, 3.05) is 19.8 Å². The van der Waals surface area contributed by atoms with Crippen molar-refractivity contribution in [3.8, 4) is 11.1 Å². The van der Waals surface area contributed by atoms with Gasteiger partial charge in [0.05, 0.1) is 25.9 Å². The minimum Gasteiger partial charge on any atom is -0.392 e. The number of amides is 1. The molecule has 0 aromatic heterocycles. The van der Waals surface area contributed by atoms with Crippen molar-refractivity contribution in [2.24, 2.45) is 0 Å². The number of hydrogen-bond acceptors (Lipinski definition) is 3. The molecule has 2 aromatic rings. The van der Waals surface area contributed by atoms with E-state index in [2.05, 4.69) is 6.92 Å². The molecule has 0 radical (unpaired) electrons. The van der Waals surface area contributed by atoms with Gasteiger partial charge in [0.2, 0.25) is 0 Å². The molecule has 2 aromatic carbocycles. The molecule has 25 heavy (non-hydrogen) atoms. The average molecular weight is 339 g/mol. The van der Waals surface area contributed by atoms with Crippen LogP contribution < -0.4 is 0 Å². The summed E-state index contributed by atoms with van der Waals surface area (Å²) < 4.78 is 5.54. The van der Waals surface area contributed by atoms with Crippen molar-refractivity contribution >= 4 is 5.91 Å². The number of nitrogens with zero attached hydrogens (tertiary/aromatic N) is 1. The SMILES string of the molecule is CCCC1COCCN1C(=O)c1ccc(-c2ccccc2CO)cc1. The van der Waals surface area contributed by atoms with E-state index in [-0.39, 0.29) is 18.6 Å². The van der Waals surface area contributed by atoms with E-state index >= 15 is 0 Å². The van der Waals surface area contributed by atoms with Crippen molar-refractivity contribution in [3.05, 3.63) is 59.7 Å². The van der Waals surface area contributed by atoms with Crippen molar-refractivity contribution in [2.45, 2.75) is 32.4 Å². The lowest BCUT2D eigenvalue weighted by Gasteiger charge is -2.35. The number of rotatable bonds is 5. The Morgan fingerprint density at radius 2 is 1.96 bits per heavy atom. The molecule has 1 aliphatic rings. The molecule has 1 amide bonds. The first-order chi connectivity index (χ1) is 12.2. The first-order valence-electron chi connectivity index (χ1n) is 8.92. The number of hydrogen-bond donors (Lipinski definition) is 1. The summed E-state index contributed by atoms with van der Waals surface area (Å²) in [6, 6.07) is 15.6. The summed E-state index contributed by atoms with van der Waals surface area (Å²) >= 11 is 0. The summed E-state index contributed by atoms with van der Waals surface area (Å²) in [4.78, 5) is 14.8. The molecule has 4 nitrogen and oxygen atoms in total. The molecule has 0 saturated carbocycles. The largest absolute Gasteiger partial charge is 0.392 e. The topological polar surface area (TPSA) is 49.8 Å². The van der Waals surface area contributed by atoms with Gasteiger partial charge >= 0.3 is 0 Å². The van der Waals surface area contributed by atoms with E-state index in [4.69, 9.17) is 4.74 Å². The molecule has 1 atom stereocenters. The molecule has 1 N–H and O–H groups in total. The van der Waals surface area contributed by atoms with Crippen molar-refractivity contribution in [3.63, 3.8) is 0 Å². The van der Waals surface area contributed by atoms with Gasteiger partial charge in [-0.2, -0.15) is 0 Å². The van der Waals surface area contributed by atoms with Gasteiger partial charge in [-0.15, -0.1) is 0 Å². The standard InChI is InChI=1S/C21H25NO3/c1-2-5-19-15-25-13-12-22(19)21(24)17-10-8-16(9-11-17)20-7-4-3-6-18(20)14-23/h3-4,6-11,19,23H,2,5,12-15H2,1H3. The summed E-state index contributed by atoms with van der Waals surface area (Å²) in [5.41, 5.74) is 3.60. The fraction of sp³-hybridized carbons (Fsp3) is 0.381. The van der Waals surface area contributed by atoms with Crippen LogP contribution in [0.2, 0.25) is 0 Å². The summed E-state index contributed by atoms with van der Waals surface area (Å²) in [6.07, 6.45) is 2.00. The van der Waals surface area contributed by atoms with E-state index in [1.807, 2.05) is 53.4 Å². The first kappa shape index (κ1) is 17.6. The Bertz CT molecular complexity index is 709. The summed E-state index contributed by atoms with van der Waals surface area (Å²) in [6.45, 7) is 4.02.